The summed E-state index contributed by atoms with van der Waals surface area (Å²) >= 11 is 0. The van der Waals surface area contributed by atoms with Crippen LogP contribution in [0.4, 0.5) is 0 Å². The Balaban J connectivity index is 2.51. The second-order valence-corrected chi connectivity index (χ2v) is 2.51. The molecule has 1 fully saturated rings. The van der Waals surface area contributed by atoms with Crippen molar-refractivity contribution < 1.29 is 9.90 Å². The van der Waals surface area contributed by atoms with Crippen LogP contribution in [-0.2, 0) is 4.79 Å². The van der Waals surface area contributed by atoms with E-state index in [1.54, 1.807) is 6.92 Å². The van der Waals surface area contributed by atoms with Gasteiger partial charge < -0.3 is 5.11 Å². The van der Waals surface area contributed by atoms with E-state index in [4.69, 9.17) is 5.11 Å². The number of hydrogen-bond acceptors (Lipinski definition) is 2. The van der Waals surface area contributed by atoms with Crippen LogP contribution in [0.1, 0.15) is 20.3 Å². The molecule has 2 unspecified atom stereocenters. The normalized spacial score (nSPS) is 34.6. The van der Waals surface area contributed by atoms with Gasteiger partial charge in [-0.1, -0.05) is 6.92 Å². The number of aliphatic hydroxyl groups excluding tert-OH is 1. The van der Waals surface area contributed by atoms with Crippen molar-refractivity contribution in [2.45, 2.75) is 26.4 Å². The van der Waals surface area contributed by atoms with Crippen LogP contribution < -0.4 is 0 Å². The van der Waals surface area contributed by atoms with Crippen LogP contribution in [0, 0.1) is 11.8 Å². The second-order valence-electron chi connectivity index (χ2n) is 2.51. The maximum atomic E-state index is 10.8. The summed E-state index contributed by atoms with van der Waals surface area (Å²) in [5.74, 6) is 0.678. The first-order valence-electron chi connectivity index (χ1n) is 3.24. The van der Waals surface area contributed by atoms with Crippen LogP contribution >= 0.6 is 0 Å². The minimum absolute atomic E-state index is 0.0926. The number of aliphatic hydroxyl groups is 1. The molecule has 1 saturated carbocycles. The fourth-order valence-corrected chi connectivity index (χ4v) is 1.20. The van der Waals surface area contributed by atoms with Gasteiger partial charge in [-0.15, -0.1) is 0 Å². The highest BCUT2D eigenvalue weighted by molar-refractivity contribution is 6.01. The molecule has 2 nitrogen and oxygen atoms in total. The number of rotatable bonds is 1. The van der Waals surface area contributed by atoms with Crippen molar-refractivity contribution in [1.82, 2.24) is 0 Å². The Morgan fingerprint density at radius 2 is 2.33 bits per heavy atom. The lowest BCUT2D eigenvalue weighted by atomic mass is 9.70. The summed E-state index contributed by atoms with van der Waals surface area (Å²) in [5.41, 5.74) is 0. The highest BCUT2D eigenvalue weighted by Gasteiger charge is 2.56. The highest BCUT2D eigenvalue weighted by atomic mass is 16.3. The SMILES string of the molecule is CCC1C(=O)[C+](C)C1O. The second kappa shape index (κ2) is 2.03. The van der Waals surface area contributed by atoms with E-state index in [0.29, 0.717) is 5.92 Å². The molecule has 1 aliphatic carbocycles. The number of carbonyl (C=O) groups is 1. The molecule has 50 valence electrons. The first-order valence-corrected chi connectivity index (χ1v) is 3.24. The summed E-state index contributed by atoms with van der Waals surface area (Å²) in [5, 5.41) is 9.09. The molecule has 0 spiro atoms. The van der Waals surface area contributed by atoms with E-state index in [1.807, 2.05) is 6.92 Å². The van der Waals surface area contributed by atoms with Gasteiger partial charge in [0.1, 0.15) is 5.92 Å². The monoisotopic (exact) mass is 127 g/mol. The molecule has 0 aliphatic heterocycles. The summed E-state index contributed by atoms with van der Waals surface area (Å²) in [6.07, 6.45) is 0.319. The van der Waals surface area contributed by atoms with Crippen LogP contribution in [0.5, 0.6) is 0 Å². The van der Waals surface area contributed by atoms with Gasteiger partial charge in [-0.3, -0.25) is 0 Å². The zero-order valence-corrected chi connectivity index (χ0v) is 5.72. The number of carbonyl (C=O) groups excluding carboxylic acids is 1. The Bertz CT molecular complexity index is 131. The van der Waals surface area contributed by atoms with Gasteiger partial charge >= 0.3 is 5.78 Å². The predicted octanol–water partition coefficient (Wildman–Crippen LogP) is 0.551. The molecule has 1 rings (SSSR count). The molecule has 2 atom stereocenters. The Kier molecular flexibility index (Phi) is 1.49. The molecule has 0 aromatic carbocycles. The van der Waals surface area contributed by atoms with Crippen LogP contribution in [0.25, 0.3) is 0 Å². The molecule has 0 radical (unpaired) electrons. The van der Waals surface area contributed by atoms with Gasteiger partial charge in [0.15, 0.2) is 5.92 Å². The van der Waals surface area contributed by atoms with Gasteiger partial charge in [-0.2, -0.15) is 0 Å². The van der Waals surface area contributed by atoms with E-state index in [9.17, 15) is 4.79 Å². The zero-order chi connectivity index (χ0) is 7.02. The Morgan fingerprint density at radius 3 is 2.56 bits per heavy atom. The standard InChI is InChI=1S/C7H11O2/c1-3-5-6(8)4(2)7(5)9/h5-6,8H,3H2,1-2H3/q+1. The van der Waals surface area contributed by atoms with Crippen molar-refractivity contribution >= 4 is 5.78 Å². The lowest BCUT2D eigenvalue weighted by molar-refractivity contribution is -0.135. The van der Waals surface area contributed by atoms with E-state index in [2.05, 4.69) is 0 Å². The largest absolute Gasteiger partial charge is 0.352 e. The lowest BCUT2D eigenvalue weighted by Crippen LogP contribution is -2.48. The molecule has 0 amide bonds. The molecule has 0 aromatic rings. The number of Topliss-reactive ketones (excluding diaryl/α,β-unsaturated/α-hetero) is 1. The summed E-state index contributed by atoms with van der Waals surface area (Å²) in [4.78, 5) is 10.8. The maximum Gasteiger partial charge on any atom is 0.321 e. The third-order valence-corrected chi connectivity index (χ3v) is 1.99. The Morgan fingerprint density at radius 1 is 1.78 bits per heavy atom. The van der Waals surface area contributed by atoms with Gasteiger partial charge in [-0.25, -0.2) is 4.79 Å². The number of ketones is 1. The third-order valence-electron chi connectivity index (χ3n) is 1.99. The van der Waals surface area contributed by atoms with Gasteiger partial charge in [0.25, 0.3) is 0 Å². The molecular formula is C7H11O2+. The van der Waals surface area contributed by atoms with E-state index in [-0.39, 0.29) is 11.7 Å². The fraction of sp³-hybridized carbons (Fsp3) is 0.714. The van der Waals surface area contributed by atoms with Gasteiger partial charge in [-0.05, 0) is 6.42 Å². The molecular weight excluding hydrogens is 116 g/mol. The van der Waals surface area contributed by atoms with Crippen LogP contribution in [-0.4, -0.2) is 17.0 Å². The fourth-order valence-electron chi connectivity index (χ4n) is 1.20. The lowest BCUT2D eigenvalue weighted by Gasteiger charge is -2.24. The van der Waals surface area contributed by atoms with E-state index in [0.717, 1.165) is 6.42 Å². The van der Waals surface area contributed by atoms with Gasteiger partial charge in [0.2, 0.25) is 6.10 Å². The van der Waals surface area contributed by atoms with E-state index < -0.39 is 6.10 Å². The summed E-state index contributed by atoms with van der Waals surface area (Å²) in [6, 6.07) is 0. The molecule has 1 N–H and O–H groups in total. The van der Waals surface area contributed by atoms with Crippen molar-refractivity contribution in [2.75, 3.05) is 0 Å². The Labute approximate surface area is 54.9 Å². The average Bonchev–Trinajstić information content (AvgIpc) is 1.89. The quantitative estimate of drug-likeness (QED) is 0.522. The molecule has 0 bridgehead atoms. The number of hydrogen-bond donors (Lipinski definition) is 1. The van der Waals surface area contributed by atoms with Crippen LogP contribution in [0.3, 0.4) is 0 Å². The van der Waals surface area contributed by atoms with E-state index in [1.165, 1.54) is 0 Å². The zero-order valence-electron chi connectivity index (χ0n) is 5.72. The average molecular weight is 127 g/mol. The summed E-state index contributed by atoms with van der Waals surface area (Å²) in [7, 11) is 0. The van der Waals surface area contributed by atoms with Crippen molar-refractivity contribution in [1.29, 1.82) is 0 Å². The highest BCUT2D eigenvalue weighted by Crippen LogP contribution is 2.33. The summed E-state index contributed by atoms with van der Waals surface area (Å²) in [6.45, 7) is 3.61. The third kappa shape index (κ3) is 0.741. The van der Waals surface area contributed by atoms with Crippen molar-refractivity contribution in [3.8, 4) is 0 Å². The van der Waals surface area contributed by atoms with Crippen LogP contribution in [0.15, 0.2) is 0 Å². The Hall–Kier alpha value is -0.500. The van der Waals surface area contributed by atoms with Crippen LogP contribution in [0.2, 0.25) is 0 Å². The summed E-state index contributed by atoms with van der Waals surface area (Å²) < 4.78 is 0. The minimum Gasteiger partial charge on any atom is -0.352 e. The molecule has 0 heterocycles. The van der Waals surface area contributed by atoms with Gasteiger partial charge in [0.05, 0.1) is 6.92 Å². The van der Waals surface area contributed by atoms with Crippen molar-refractivity contribution in [3.05, 3.63) is 5.92 Å². The first kappa shape index (κ1) is 6.62. The first-order chi connectivity index (χ1) is 4.18. The van der Waals surface area contributed by atoms with E-state index >= 15 is 0 Å². The predicted molar refractivity (Wildman–Crippen MR) is 33.7 cm³/mol. The molecule has 0 aromatic heterocycles. The van der Waals surface area contributed by atoms with Gasteiger partial charge in [0, 0.05) is 0 Å². The van der Waals surface area contributed by atoms with Crippen molar-refractivity contribution in [2.24, 2.45) is 5.92 Å². The minimum atomic E-state index is -0.442. The molecule has 9 heavy (non-hydrogen) atoms. The maximum absolute atomic E-state index is 10.8. The van der Waals surface area contributed by atoms with Crippen molar-refractivity contribution in [3.63, 3.8) is 0 Å². The smallest absolute Gasteiger partial charge is 0.321 e. The molecule has 2 heteroatoms. The topological polar surface area (TPSA) is 37.3 Å². The molecule has 1 aliphatic rings. The molecule has 0 saturated heterocycles.